The van der Waals surface area contributed by atoms with Gasteiger partial charge in [0.1, 0.15) is 11.7 Å². The molecular weight excluding hydrogens is 585 g/mol. The van der Waals surface area contributed by atoms with E-state index in [4.69, 9.17) is 9.47 Å². The number of rotatable bonds is 8. The first-order chi connectivity index (χ1) is 21.3. The highest BCUT2D eigenvalue weighted by Gasteiger charge is 2.75. The van der Waals surface area contributed by atoms with E-state index < -0.39 is 34.9 Å². The van der Waals surface area contributed by atoms with Crippen LogP contribution in [0.5, 0.6) is 11.5 Å². The molecule has 0 aromatic heterocycles. The van der Waals surface area contributed by atoms with Gasteiger partial charge in [0.15, 0.2) is 11.5 Å². The number of phenolic OH excluding ortho intramolecular Hbond substituents is 1. The zero-order valence-corrected chi connectivity index (χ0v) is 25.8. The number of esters is 1. The SMILES string of the molecule is C=CCN1CC[C@]23c4c5ccc(O)c4O[C@H]2[C@@H](N(CC(C)C)C(=O)C=Cc2ccc(C(F)(F)F)cc2)CC[C@@]3(OC(C)=O)[C@H]1C5. The van der Waals surface area contributed by atoms with Gasteiger partial charge in [-0.05, 0) is 67.0 Å². The van der Waals surface area contributed by atoms with E-state index in [1.54, 1.807) is 11.0 Å². The molecule has 10 heteroatoms. The molecule has 1 amide bonds. The van der Waals surface area contributed by atoms with Crippen LogP contribution in [0.4, 0.5) is 13.2 Å². The highest BCUT2D eigenvalue weighted by molar-refractivity contribution is 5.92. The number of ether oxygens (including phenoxy) is 2. The van der Waals surface area contributed by atoms with Crippen molar-refractivity contribution in [3.8, 4) is 11.5 Å². The molecule has 6 rings (SSSR count). The molecule has 0 unspecified atom stereocenters. The number of phenols is 1. The topological polar surface area (TPSA) is 79.3 Å². The molecule has 1 saturated carbocycles. The lowest BCUT2D eigenvalue weighted by Crippen LogP contribution is -2.79. The van der Waals surface area contributed by atoms with Crippen LogP contribution < -0.4 is 4.74 Å². The van der Waals surface area contributed by atoms with Crippen molar-refractivity contribution in [3.05, 3.63) is 77.4 Å². The number of halogens is 3. The zero-order valence-electron chi connectivity index (χ0n) is 25.8. The summed E-state index contributed by atoms with van der Waals surface area (Å²) in [6, 6.07) is 7.69. The summed E-state index contributed by atoms with van der Waals surface area (Å²) in [4.78, 5) is 30.9. The lowest BCUT2D eigenvalue weighted by molar-refractivity contribution is -0.223. The number of alkyl halides is 3. The summed E-state index contributed by atoms with van der Waals surface area (Å²) in [5, 5.41) is 11.1. The van der Waals surface area contributed by atoms with E-state index in [2.05, 4.69) is 11.5 Å². The first-order valence-electron chi connectivity index (χ1n) is 15.5. The molecule has 7 nitrogen and oxygen atoms in total. The van der Waals surface area contributed by atoms with Crippen LogP contribution >= 0.6 is 0 Å². The third-order valence-corrected chi connectivity index (χ3v) is 10.1. The third kappa shape index (κ3) is 4.92. The molecule has 2 aromatic carbocycles. The first kappa shape index (κ1) is 31.2. The average Bonchev–Trinajstić information content (AvgIpc) is 3.33. The Hall–Kier alpha value is -3.79. The molecule has 2 fully saturated rings. The Labute approximate surface area is 261 Å². The fourth-order valence-electron chi connectivity index (χ4n) is 8.57. The molecule has 240 valence electrons. The molecule has 1 saturated heterocycles. The number of carbonyl (C=O) groups excluding carboxylic acids is 2. The van der Waals surface area contributed by atoms with E-state index in [1.165, 1.54) is 31.2 Å². The fourth-order valence-corrected chi connectivity index (χ4v) is 8.57. The lowest BCUT2D eigenvalue weighted by atomic mass is 9.48. The van der Waals surface area contributed by atoms with Gasteiger partial charge in [-0.15, -0.1) is 6.58 Å². The second-order valence-electron chi connectivity index (χ2n) is 13.1. The van der Waals surface area contributed by atoms with Crippen molar-refractivity contribution in [2.45, 2.75) is 81.8 Å². The van der Waals surface area contributed by atoms with Crippen LogP contribution in [-0.2, 0) is 32.3 Å². The predicted molar refractivity (Wildman–Crippen MR) is 163 cm³/mol. The Balaban J connectivity index is 1.42. The maximum Gasteiger partial charge on any atom is 0.416 e. The van der Waals surface area contributed by atoms with Gasteiger partial charge in [0.2, 0.25) is 5.91 Å². The maximum absolute atomic E-state index is 14.0. The number of benzene rings is 2. The number of likely N-dealkylation sites (tertiary alicyclic amines) is 1. The molecule has 2 bridgehead atoms. The minimum atomic E-state index is -4.44. The Kier molecular flexibility index (Phi) is 7.78. The number of amides is 1. The monoisotopic (exact) mass is 624 g/mol. The number of carbonyl (C=O) groups is 2. The Morgan fingerprint density at radius 1 is 1.20 bits per heavy atom. The van der Waals surface area contributed by atoms with E-state index in [9.17, 15) is 27.9 Å². The van der Waals surface area contributed by atoms with Crippen molar-refractivity contribution in [2.24, 2.45) is 5.92 Å². The molecule has 5 atom stereocenters. The molecular formula is C35H39F3N2O5. The summed E-state index contributed by atoms with van der Waals surface area (Å²) in [5.74, 6) is -0.154. The van der Waals surface area contributed by atoms with Gasteiger partial charge >= 0.3 is 12.1 Å². The van der Waals surface area contributed by atoms with Crippen molar-refractivity contribution in [1.82, 2.24) is 9.80 Å². The third-order valence-electron chi connectivity index (χ3n) is 10.1. The molecule has 4 aliphatic rings. The molecule has 2 aliphatic carbocycles. The normalized spacial score (nSPS) is 28.5. The van der Waals surface area contributed by atoms with E-state index in [-0.39, 0.29) is 29.6 Å². The van der Waals surface area contributed by atoms with Gasteiger partial charge in [-0.2, -0.15) is 13.2 Å². The van der Waals surface area contributed by atoms with Gasteiger partial charge in [-0.25, -0.2) is 0 Å². The van der Waals surface area contributed by atoms with E-state index in [0.717, 1.165) is 23.3 Å². The van der Waals surface area contributed by atoms with Gasteiger partial charge in [-0.1, -0.05) is 38.1 Å². The first-order valence-corrected chi connectivity index (χ1v) is 15.5. The number of hydrogen-bond acceptors (Lipinski definition) is 6. The van der Waals surface area contributed by atoms with Crippen LogP contribution in [0, 0.1) is 5.92 Å². The smallest absolute Gasteiger partial charge is 0.416 e. The second-order valence-corrected chi connectivity index (χ2v) is 13.1. The predicted octanol–water partition coefficient (Wildman–Crippen LogP) is 5.89. The van der Waals surface area contributed by atoms with Gasteiger partial charge in [0.05, 0.1) is 23.1 Å². The summed E-state index contributed by atoms with van der Waals surface area (Å²) >= 11 is 0. The number of aromatic hydroxyl groups is 1. The van der Waals surface area contributed by atoms with Gasteiger partial charge in [0, 0.05) is 38.2 Å². The molecule has 2 aliphatic heterocycles. The largest absolute Gasteiger partial charge is 0.504 e. The summed E-state index contributed by atoms with van der Waals surface area (Å²) in [5.41, 5.74) is -0.0910. The quantitative estimate of drug-likeness (QED) is 0.224. The van der Waals surface area contributed by atoms with Crippen molar-refractivity contribution in [1.29, 1.82) is 0 Å². The highest BCUT2D eigenvalue weighted by Crippen LogP contribution is 2.67. The minimum absolute atomic E-state index is 0.0175. The maximum atomic E-state index is 14.0. The number of nitrogens with zero attached hydrogens (tertiary/aromatic N) is 2. The van der Waals surface area contributed by atoms with Gasteiger partial charge in [-0.3, -0.25) is 14.5 Å². The lowest BCUT2D eigenvalue weighted by Gasteiger charge is -2.65. The van der Waals surface area contributed by atoms with Gasteiger partial charge in [0.25, 0.3) is 0 Å². The summed E-state index contributed by atoms with van der Waals surface area (Å²) < 4.78 is 52.4. The van der Waals surface area contributed by atoms with Crippen LogP contribution in [0.25, 0.3) is 6.08 Å². The second kappa shape index (κ2) is 11.2. The molecule has 2 aromatic rings. The fraction of sp³-hybridized carbons (Fsp3) is 0.486. The Morgan fingerprint density at radius 2 is 1.93 bits per heavy atom. The number of hydrogen-bond donors (Lipinski definition) is 1. The van der Waals surface area contributed by atoms with E-state index >= 15 is 0 Å². The van der Waals surface area contributed by atoms with Crippen molar-refractivity contribution >= 4 is 18.0 Å². The van der Waals surface area contributed by atoms with Crippen LogP contribution in [0.15, 0.2) is 55.1 Å². The summed E-state index contributed by atoms with van der Waals surface area (Å²) in [6.07, 6.45) is 1.96. The van der Waals surface area contributed by atoms with Crippen LogP contribution in [0.1, 0.15) is 62.3 Å². The van der Waals surface area contributed by atoms with E-state index in [1.807, 2.05) is 26.0 Å². The zero-order chi connectivity index (χ0) is 32.3. The standard InChI is InChI=1S/C35H39F3N2O5/c1-5-17-39-18-16-33-30-24-9-12-27(42)31(30)44-32(33)26(14-15-34(33,28(39)19-24)45-22(4)41)40(20-21(2)3)29(43)13-8-23-6-10-25(11-7-23)35(36,37)38/h5-13,21,26,28,32,42H,1,14-20H2,2-4H3/t26-,28+,32-,33-,34+/m0/s1. The summed E-state index contributed by atoms with van der Waals surface area (Å²) in [7, 11) is 0. The Bertz CT molecular complexity index is 1540. The van der Waals surface area contributed by atoms with Crippen molar-refractivity contribution < 1.29 is 37.3 Å². The Morgan fingerprint density at radius 3 is 2.58 bits per heavy atom. The van der Waals surface area contributed by atoms with Crippen molar-refractivity contribution in [2.75, 3.05) is 19.6 Å². The molecule has 1 spiro atoms. The highest BCUT2D eigenvalue weighted by atomic mass is 19.4. The van der Waals surface area contributed by atoms with Crippen LogP contribution in [0.2, 0.25) is 0 Å². The van der Waals surface area contributed by atoms with Gasteiger partial charge < -0.3 is 19.5 Å². The minimum Gasteiger partial charge on any atom is -0.504 e. The summed E-state index contributed by atoms with van der Waals surface area (Å²) in [6.45, 7) is 11.2. The molecule has 0 radical (unpaired) electrons. The molecule has 1 N–H and O–H groups in total. The number of piperidine rings is 1. The molecule has 2 heterocycles. The van der Waals surface area contributed by atoms with Crippen molar-refractivity contribution in [3.63, 3.8) is 0 Å². The average molecular weight is 625 g/mol. The molecule has 45 heavy (non-hydrogen) atoms. The van der Waals surface area contributed by atoms with E-state index in [0.29, 0.717) is 56.6 Å². The van der Waals surface area contributed by atoms with Crippen LogP contribution in [0.3, 0.4) is 0 Å². The van der Waals surface area contributed by atoms with Crippen LogP contribution in [-0.4, -0.2) is 70.2 Å².